The zero-order valence-electron chi connectivity index (χ0n) is 9.40. The normalized spacial score (nSPS) is 14.1. The van der Waals surface area contributed by atoms with Gasteiger partial charge in [-0.15, -0.1) is 0 Å². The molecule has 0 aromatic heterocycles. The number of ether oxygens (including phenoxy) is 1. The second-order valence-corrected chi connectivity index (χ2v) is 3.92. The number of carbonyl (C=O) groups is 3. The molecule has 0 aliphatic heterocycles. The average molecular weight is 244 g/mol. The molecule has 0 bridgehead atoms. The van der Waals surface area contributed by atoms with Crippen molar-refractivity contribution in [3.05, 3.63) is 0 Å². The van der Waals surface area contributed by atoms with Crippen molar-refractivity contribution in [1.82, 2.24) is 10.6 Å². The second kappa shape index (κ2) is 6.85. The van der Waals surface area contributed by atoms with Gasteiger partial charge in [-0.05, 0) is 12.3 Å². The number of nitrogens with one attached hydrogen (secondary N) is 2. The molecule has 0 spiro atoms. The summed E-state index contributed by atoms with van der Waals surface area (Å²) in [6.07, 6.45) is 3.35. The molecule has 1 saturated carbocycles. The first-order valence-corrected chi connectivity index (χ1v) is 5.45. The van der Waals surface area contributed by atoms with Gasteiger partial charge in [-0.3, -0.25) is 10.1 Å². The van der Waals surface area contributed by atoms with E-state index >= 15 is 0 Å². The van der Waals surface area contributed by atoms with Gasteiger partial charge in [0, 0.05) is 6.54 Å². The van der Waals surface area contributed by atoms with Crippen LogP contribution in [0.15, 0.2) is 0 Å². The lowest BCUT2D eigenvalue weighted by Gasteiger charge is -2.06. The first-order chi connectivity index (χ1) is 8.08. The van der Waals surface area contributed by atoms with E-state index in [0.717, 1.165) is 6.42 Å². The smallest absolute Gasteiger partial charge is 0.329 e. The highest BCUT2D eigenvalue weighted by Crippen LogP contribution is 2.31. The van der Waals surface area contributed by atoms with Crippen molar-refractivity contribution in [2.45, 2.75) is 19.3 Å². The summed E-state index contributed by atoms with van der Waals surface area (Å²) in [7, 11) is 0. The van der Waals surface area contributed by atoms with Crippen LogP contribution in [-0.2, 0) is 14.3 Å². The van der Waals surface area contributed by atoms with Crippen molar-refractivity contribution in [2.75, 3.05) is 19.8 Å². The maximum absolute atomic E-state index is 11.1. The molecule has 1 aliphatic rings. The molecule has 0 atom stereocenters. The number of hydrogen-bond acceptors (Lipinski definition) is 4. The van der Waals surface area contributed by atoms with Crippen LogP contribution in [0.4, 0.5) is 4.79 Å². The van der Waals surface area contributed by atoms with Crippen molar-refractivity contribution in [2.24, 2.45) is 5.92 Å². The van der Waals surface area contributed by atoms with Gasteiger partial charge in [-0.1, -0.05) is 12.8 Å². The summed E-state index contributed by atoms with van der Waals surface area (Å²) in [5.41, 5.74) is 0. The molecule has 3 amide bonds. The van der Waals surface area contributed by atoms with Gasteiger partial charge in [0.05, 0.1) is 0 Å². The molecule has 3 N–H and O–H groups in total. The summed E-state index contributed by atoms with van der Waals surface area (Å²) in [6, 6.07) is -0.574. The number of carboxylic acid groups (broad SMARTS) is 1. The summed E-state index contributed by atoms with van der Waals surface area (Å²) < 4.78 is 4.52. The van der Waals surface area contributed by atoms with Crippen LogP contribution in [0.3, 0.4) is 0 Å². The van der Waals surface area contributed by atoms with E-state index < -0.39 is 31.1 Å². The van der Waals surface area contributed by atoms with E-state index in [1.165, 1.54) is 12.8 Å². The van der Waals surface area contributed by atoms with Gasteiger partial charge in [0.25, 0.3) is 5.91 Å². The summed E-state index contributed by atoms with van der Waals surface area (Å²) in [6.45, 7) is -0.459. The third-order valence-corrected chi connectivity index (χ3v) is 2.25. The van der Waals surface area contributed by atoms with E-state index in [2.05, 4.69) is 10.1 Å². The van der Waals surface area contributed by atoms with E-state index in [9.17, 15) is 14.4 Å². The maximum Gasteiger partial charge on any atom is 0.329 e. The minimum Gasteiger partial charge on any atom is -0.480 e. The Morgan fingerprint density at radius 1 is 1.24 bits per heavy atom. The number of rotatable bonds is 7. The number of aliphatic carboxylic acids is 1. The van der Waals surface area contributed by atoms with Crippen molar-refractivity contribution < 1.29 is 24.2 Å². The first-order valence-electron chi connectivity index (χ1n) is 5.45. The van der Waals surface area contributed by atoms with Crippen LogP contribution in [0.25, 0.3) is 0 Å². The third-order valence-electron chi connectivity index (χ3n) is 2.25. The molecule has 17 heavy (non-hydrogen) atoms. The van der Waals surface area contributed by atoms with Crippen molar-refractivity contribution in [3.8, 4) is 0 Å². The largest absolute Gasteiger partial charge is 0.480 e. The highest BCUT2D eigenvalue weighted by Gasteiger charge is 2.20. The molecular weight excluding hydrogens is 228 g/mol. The van der Waals surface area contributed by atoms with Gasteiger partial charge in [0.2, 0.25) is 0 Å². The van der Waals surface area contributed by atoms with Gasteiger partial charge in [0.15, 0.2) is 0 Å². The first kappa shape index (κ1) is 13.4. The molecule has 1 rings (SSSR count). The van der Waals surface area contributed by atoms with Crippen LogP contribution in [0.5, 0.6) is 0 Å². The molecule has 7 nitrogen and oxygen atoms in total. The van der Waals surface area contributed by atoms with E-state index in [1.807, 2.05) is 5.32 Å². The van der Waals surface area contributed by atoms with Crippen LogP contribution < -0.4 is 10.6 Å². The van der Waals surface area contributed by atoms with Gasteiger partial charge in [0.1, 0.15) is 13.2 Å². The predicted octanol–water partition coefficient (Wildman–Crippen LogP) is -0.286. The monoisotopic (exact) mass is 244 g/mol. The van der Waals surface area contributed by atoms with Crippen LogP contribution in [0.1, 0.15) is 19.3 Å². The molecule has 0 radical (unpaired) electrons. The molecular formula is C10H16N2O5. The molecule has 0 aromatic rings. The fourth-order valence-electron chi connectivity index (χ4n) is 1.23. The van der Waals surface area contributed by atoms with Crippen LogP contribution in [0.2, 0.25) is 0 Å². The van der Waals surface area contributed by atoms with E-state index in [1.54, 1.807) is 0 Å². The Morgan fingerprint density at radius 3 is 2.53 bits per heavy atom. The number of urea groups is 1. The van der Waals surface area contributed by atoms with Gasteiger partial charge >= 0.3 is 12.0 Å². The van der Waals surface area contributed by atoms with Crippen LogP contribution in [0, 0.1) is 5.92 Å². The number of amides is 3. The topological polar surface area (TPSA) is 105 Å². The number of hydrogen-bond donors (Lipinski definition) is 3. The minimum atomic E-state index is -1.16. The van der Waals surface area contributed by atoms with Gasteiger partial charge in [-0.25, -0.2) is 9.59 Å². The Bertz CT molecular complexity index is 301. The average Bonchev–Trinajstić information content (AvgIpc) is 3.00. The highest BCUT2D eigenvalue weighted by atomic mass is 16.5. The van der Waals surface area contributed by atoms with Gasteiger partial charge < -0.3 is 15.2 Å². The fraction of sp³-hybridized carbons (Fsp3) is 0.700. The minimum absolute atomic E-state index is 0.442. The lowest BCUT2D eigenvalue weighted by molar-refractivity contribution is -0.143. The summed E-state index contributed by atoms with van der Waals surface area (Å²) in [5, 5.41) is 12.8. The quantitative estimate of drug-likeness (QED) is 0.571. The molecule has 0 saturated heterocycles. The zero-order valence-corrected chi connectivity index (χ0v) is 9.40. The SMILES string of the molecule is O=C(O)COCC(=O)NC(=O)NCCC1CC1. The Balaban J connectivity index is 1.99. The lowest BCUT2D eigenvalue weighted by Crippen LogP contribution is -2.41. The van der Waals surface area contributed by atoms with E-state index in [-0.39, 0.29) is 0 Å². The van der Waals surface area contributed by atoms with Crippen molar-refractivity contribution in [3.63, 3.8) is 0 Å². The Labute approximate surface area is 98.5 Å². The summed E-state index contributed by atoms with van der Waals surface area (Å²) in [4.78, 5) is 32.3. The number of carboxylic acids is 1. The molecule has 7 heteroatoms. The van der Waals surface area contributed by atoms with Crippen molar-refractivity contribution in [1.29, 1.82) is 0 Å². The zero-order chi connectivity index (χ0) is 12.7. The Kier molecular flexibility index (Phi) is 5.41. The van der Waals surface area contributed by atoms with Gasteiger partial charge in [-0.2, -0.15) is 0 Å². The molecule has 96 valence electrons. The summed E-state index contributed by atoms with van der Waals surface area (Å²) in [5.74, 6) is -1.10. The lowest BCUT2D eigenvalue weighted by atomic mass is 10.3. The van der Waals surface area contributed by atoms with Crippen LogP contribution >= 0.6 is 0 Å². The molecule has 1 fully saturated rings. The fourth-order valence-corrected chi connectivity index (χ4v) is 1.23. The standard InChI is InChI=1S/C10H16N2O5/c13-8(5-17-6-9(14)15)12-10(16)11-4-3-7-1-2-7/h7H,1-6H2,(H,14,15)(H2,11,12,13,16). The van der Waals surface area contributed by atoms with E-state index in [0.29, 0.717) is 12.5 Å². The second-order valence-electron chi connectivity index (χ2n) is 3.92. The van der Waals surface area contributed by atoms with Crippen molar-refractivity contribution >= 4 is 17.9 Å². The highest BCUT2D eigenvalue weighted by molar-refractivity contribution is 5.94. The Hall–Kier alpha value is -1.63. The predicted molar refractivity (Wildman–Crippen MR) is 57.3 cm³/mol. The number of carbonyl (C=O) groups excluding carboxylic acids is 2. The molecule has 0 aromatic carbocycles. The Morgan fingerprint density at radius 2 is 1.94 bits per heavy atom. The summed E-state index contributed by atoms with van der Waals surface area (Å²) >= 11 is 0. The van der Waals surface area contributed by atoms with E-state index in [4.69, 9.17) is 5.11 Å². The third kappa shape index (κ3) is 7.29. The number of imide groups is 1. The molecule has 1 aliphatic carbocycles. The molecule has 0 heterocycles. The molecule has 0 unspecified atom stereocenters. The van der Waals surface area contributed by atoms with Crippen LogP contribution in [-0.4, -0.2) is 42.8 Å². The maximum atomic E-state index is 11.1.